The molecule has 1 aliphatic carbocycles. The third-order valence-electron chi connectivity index (χ3n) is 5.75. The van der Waals surface area contributed by atoms with E-state index in [9.17, 15) is 4.79 Å². The second-order valence-electron chi connectivity index (χ2n) is 7.91. The Morgan fingerprint density at radius 2 is 1.68 bits per heavy atom. The van der Waals surface area contributed by atoms with Crippen LogP contribution in [0.5, 0.6) is 0 Å². The van der Waals surface area contributed by atoms with Crippen LogP contribution >= 0.6 is 0 Å². The first-order valence-corrected chi connectivity index (χ1v) is 10.8. The fourth-order valence-corrected chi connectivity index (χ4v) is 4.10. The van der Waals surface area contributed by atoms with Gasteiger partial charge in [-0.15, -0.1) is 0 Å². The molecule has 31 heavy (non-hydrogen) atoms. The van der Waals surface area contributed by atoms with Gasteiger partial charge >= 0.3 is 0 Å². The van der Waals surface area contributed by atoms with E-state index in [1.54, 1.807) is 0 Å². The number of aromatic amines is 2. The average molecular weight is 412 g/mol. The van der Waals surface area contributed by atoms with Crippen molar-refractivity contribution in [3.8, 4) is 22.8 Å². The van der Waals surface area contributed by atoms with Crippen LogP contribution in [0.15, 0.2) is 66.5 Å². The first-order chi connectivity index (χ1) is 15.3. The molecule has 0 saturated carbocycles. The Kier molecular flexibility index (Phi) is 5.35. The second-order valence-corrected chi connectivity index (χ2v) is 7.91. The summed E-state index contributed by atoms with van der Waals surface area (Å²) in [4.78, 5) is 28.9. The highest BCUT2D eigenvalue weighted by atomic mass is 16.1. The van der Waals surface area contributed by atoms with Crippen molar-refractivity contribution in [1.29, 1.82) is 0 Å². The fourth-order valence-electron chi connectivity index (χ4n) is 4.10. The maximum atomic E-state index is 12.7. The Morgan fingerprint density at radius 3 is 2.32 bits per heavy atom. The average Bonchev–Trinajstić information content (AvgIpc) is 3.53. The topological polar surface area (TPSA) is 86.5 Å². The smallest absolute Gasteiger partial charge is 0.251 e. The molecule has 4 aromatic rings. The molecule has 0 fully saturated rings. The van der Waals surface area contributed by atoms with Crippen LogP contribution in [0.2, 0.25) is 0 Å². The minimum absolute atomic E-state index is 0.0741. The number of hydrogen-bond donors (Lipinski definition) is 3. The molecule has 6 heteroatoms. The predicted molar refractivity (Wildman–Crippen MR) is 123 cm³/mol. The van der Waals surface area contributed by atoms with E-state index in [1.807, 2.05) is 54.9 Å². The van der Waals surface area contributed by atoms with Crippen LogP contribution in [0, 0.1) is 0 Å². The van der Waals surface area contributed by atoms with Gasteiger partial charge < -0.3 is 15.3 Å². The highest BCUT2D eigenvalue weighted by Crippen LogP contribution is 2.29. The molecule has 1 aromatic carbocycles. The summed E-state index contributed by atoms with van der Waals surface area (Å²) in [5.41, 5.74) is 6.83. The molecule has 3 heterocycles. The van der Waals surface area contributed by atoms with Crippen LogP contribution in [-0.2, 0) is 0 Å². The summed E-state index contributed by atoms with van der Waals surface area (Å²) in [6.07, 6.45) is 11.9. The van der Waals surface area contributed by atoms with Gasteiger partial charge in [0.2, 0.25) is 0 Å². The first-order valence-electron chi connectivity index (χ1n) is 10.8. The van der Waals surface area contributed by atoms with Crippen molar-refractivity contribution in [2.24, 2.45) is 0 Å². The number of H-pyrrole nitrogens is 2. The number of nitrogens with one attached hydrogen (secondary N) is 3. The number of hydrogen-bond acceptors (Lipinski definition) is 3. The van der Waals surface area contributed by atoms with Crippen molar-refractivity contribution in [2.75, 3.05) is 6.54 Å². The number of carbonyl (C=O) groups excluding carboxylic acids is 1. The normalized spacial score (nSPS) is 13.9. The Morgan fingerprint density at radius 1 is 0.935 bits per heavy atom. The lowest BCUT2D eigenvalue weighted by molar-refractivity contribution is 0.0954. The van der Waals surface area contributed by atoms with Crippen molar-refractivity contribution in [3.63, 3.8) is 0 Å². The van der Waals surface area contributed by atoms with Gasteiger partial charge in [0.1, 0.15) is 11.4 Å². The van der Waals surface area contributed by atoms with E-state index in [1.165, 1.54) is 24.8 Å². The van der Waals surface area contributed by atoms with Crippen molar-refractivity contribution in [2.45, 2.75) is 32.1 Å². The molecular weight excluding hydrogens is 386 g/mol. The molecule has 0 spiro atoms. The van der Waals surface area contributed by atoms with Crippen molar-refractivity contribution < 1.29 is 4.79 Å². The van der Waals surface area contributed by atoms with Crippen molar-refractivity contribution in [1.82, 2.24) is 25.3 Å². The molecule has 0 atom stereocenters. The maximum Gasteiger partial charge on any atom is 0.251 e. The van der Waals surface area contributed by atoms with Crippen LogP contribution in [-0.4, -0.2) is 32.4 Å². The monoisotopic (exact) mass is 411 g/mol. The number of nitrogens with zero attached hydrogens (tertiary/aromatic N) is 2. The molecule has 1 amide bonds. The number of carbonyl (C=O) groups is 1. The van der Waals surface area contributed by atoms with Gasteiger partial charge in [-0.25, -0.2) is 9.97 Å². The van der Waals surface area contributed by atoms with Crippen LogP contribution in [0.25, 0.3) is 33.8 Å². The van der Waals surface area contributed by atoms with E-state index >= 15 is 0 Å². The standard InChI is InChI=1S/C25H25N5O/c31-25(28-15-12-17-6-2-1-3-7-17)18-10-11-19-22(16-18)30-24(21-9-5-14-27-21)23(29-19)20-8-4-13-26-20/h4-6,8-11,13-14,16,26-27H,1-3,7,12,15H2,(H,28,31). The number of benzene rings is 1. The molecule has 0 bridgehead atoms. The maximum absolute atomic E-state index is 12.7. The van der Waals surface area contributed by atoms with Crippen molar-refractivity contribution in [3.05, 3.63) is 72.1 Å². The Labute approximate surface area is 180 Å². The van der Waals surface area contributed by atoms with E-state index in [0.717, 1.165) is 41.1 Å². The van der Waals surface area contributed by atoms with E-state index in [2.05, 4.69) is 21.4 Å². The number of aromatic nitrogens is 4. The van der Waals surface area contributed by atoms with E-state index in [4.69, 9.17) is 9.97 Å². The molecule has 5 rings (SSSR count). The Balaban J connectivity index is 1.42. The minimum atomic E-state index is -0.0741. The van der Waals surface area contributed by atoms with Gasteiger partial charge in [-0.05, 0) is 74.6 Å². The third kappa shape index (κ3) is 4.14. The Hall–Kier alpha value is -3.67. The lowest BCUT2D eigenvalue weighted by atomic mass is 9.97. The highest BCUT2D eigenvalue weighted by Gasteiger charge is 2.16. The van der Waals surface area contributed by atoms with Gasteiger partial charge in [0.25, 0.3) is 5.91 Å². The summed E-state index contributed by atoms with van der Waals surface area (Å²) in [6.45, 7) is 0.661. The minimum Gasteiger partial charge on any atom is -0.360 e. The van der Waals surface area contributed by atoms with Gasteiger partial charge in [-0.3, -0.25) is 4.79 Å². The number of rotatable bonds is 6. The second kappa shape index (κ2) is 8.60. The zero-order valence-electron chi connectivity index (χ0n) is 17.3. The molecule has 156 valence electrons. The molecule has 0 saturated heterocycles. The molecule has 1 aliphatic rings. The molecule has 0 unspecified atom stereocenters. The summed E-state index contributed by atoms with van der Waals surface area (Å²) in [5, 5.41) is 3.05. The largest absolute Gasteiger partial charge is 0.360 e. The van der Waals surface area contributed by atoms with Gasteiger partial charge in [0.15, 0.2) is 0 Å². The molecule has 6 nitrogen and oxygen atoms in total. The van der Waals surface area contributed by atoms with E-state index in [-0.39, 0.29) is 5.91 Å². The summed E-state index contributed by atoms with van der Waals surface area (Å²) < 4.78 is 0. The van der Waals surface area contributed by atoms with Gasteiger partial charge in [-0.2, -0.15) is 0 Å². The fraction of sp³-hybridized carbons (Fsp3) is 0.240. The van der Waals surface area contributed by atoms with Gasteiger partial charge in [0.05, 0.1) is 22.4 Å². The SMILES string of the molecule is O=C(NCCC1=CCCCC1)c1ccc2nc(-c3ccc[nH]3)c(-c3ccc[nH]3)nc2c1. The van der Waals surface area contributed by atoms with Crippen molar-refractivity contribution >= 4 is 16.9 Å². The van der Waals surface area contributed by atoms with Crippen LogP contribution in [0.3, 0.4) is 0 Å². The molecular formula is C25H25N5O. The zero-order chi connectivity index (χ0) is 21.0. The quantitative estimate of drug-likeness (QED) is 0.379. The van der Waals surface area contributed by atoms with Gasteiger partial charge in [0, 0.05) is 24.5 Å². The molecule has 3 N–H and O–H groups in total. The molecule has 3 aromatic heterocycles. The summed E-state index contributed by atoms with van der Waals surface area (Å²) in [5.74, 6) is -0.0741. The number of amides is 1. The zero-order valence-corrected chi connectivity index (χ0v) is 17.3. The third-order valence-corrected chi connectivity index (χ3v) is 5.75. The van der Waals surface area contributed by atoms with E-state index < -0.39 is 0 Å². The first kappa shape index (κ1) is 19.3. The summed E-state index contributed by atoms with van der Waals surface area (Å²) in [6, 6.07) is 13.3. The molecule has 0 radical (unpaired) electrons. The number of allylic oxidation sites excluding steroid dienone is 1. The predicted octanol–water partition coefficient (Wildman–Crippen LogP) is 5.24. The summed E-state index contributed by atoms with van der Waals surface area (Å²) >= 11 is 0. The van der Waals surface area contributed by atoms with Crippen LogP contribution in [0.4, 0.5) is 0 Å². The van der Waals surface area contributed by atoms with Gasteiger partial charge in [-0.1, -0.05) is 11.6 Å². The number of fused-ring (bicyclic) bond motifs is 1. The lowest BCUT2D eigenvalue weighted by Gasteiger charge is -2.13. The van der Waals surface area contributed by atoms with Crippen LogP contribution < -0.4 is 5.32 Å². The highest BCUT2D eigenvalue weighted by molar-refractivity contribution is 5.98. The summed E-state index contributed by atoms with van der Waals surface area (Å²) in [7, 11) is 0. The van der Waals surface area contributed by atoms with E-state index in [0.29, 0.717) is 17.6 Å². The Bertz CT molecular complexity index is 1220. The molecule has 0 aliphatic heterocycles. The lowest BCUT2D eigenvalue weighted by Crippen LogP contribution is -2.24. The van der Waals surface area contributed by atoms with Crippen LogP contribution in [0.1, 0.15) is 42.5 Å².